The lowest BCUT2D eigenvalue weighted by Gasteiger charge is -2.35. The third-order valence-electron chi connectivity index (χ3n) is 6.05. The van der Waals surface area contributed by atoms with Crippen LogP contribution >= 0.6 is 0 Å². The van der Waals surface area contributed by atoms with Gasteiger partial charge in [-0.15, -0.1) is 10.2 Å². The van der Waals surface area contributed by atoms with E-state index in [-0.39, 0.29) is 18.6 Å². The fourth-order valence-electron chi connectivity index (χ4n) is 4.38. The van der Waals surface area contributed by atoms with Crippen LogP contribution in [0.4, 0.5) is 0 Å². The molecule has 1 aromatic carbocycles. The van der Waals surface area contributed by atoms with Gasteiger partial charge in [-0.05, 0) is 68.2 Å². The zero-order valence-corrected chi connectivity index (χ0v) is 14.8. The summed E-state index contributed by atoms with van der Waals surface area (Å²) in [5, 5.41) is 21.1. The Balaban J connectivity index is 1.22. The summed E-state index contributed by atoms with van der Waals surface area (Å²) in [5.74, 6) is 2.02. The summed E-state index contributed by atoms with van der Waals surface area (Å²) >= 11 is 0. The quantitative estimate of drug-likeness (QED) is 0.865. The van der Waals surface area contributed by atoms with Crippen molar-refractivity contribution in [3.8, 4) is 0 Å². The van der Waals surface area contributed by atoms with Gasteiger partial charge in [0.2, 0.25) is 0 Å². The first-order chi connectivity index (χ1) is 12.7. The fraction of sp³-hybridized carbons (Fsp3) is 0.550. The van der Waals surface area contributed by atoms with Crippen LogP contribution in [0.5, 0.6) is 0 Å². The highest BCUT2D eigenvalue weighted by Crippen LogP contribution is 2.42. The molecule has 0 atom stereocenters. The number of rotatable bonds is 5. The lowest BCUT2D eigenvalue weighted by Crippen LogP contribution is -2.44. The van der Waals surface area contributed by atoms with Crippen molar-refractivity contribution < 1.29 is 9.90 Å². The Kier molecular flexibility index (Phi) is 3.81. The molecule has 5 rings (SSSR count). The van der Waals surface area contributed by atoms with Crippen LogP contribution < -0.4 is 5.32 Å². The molecule has 6 nitrogen and oxygen atoms in total. The van der Waals surface area contributed by atoms with Crippen LogP contribution in [-0.4, -0.2) is 31.8 Å². The van der Waals surface area contributed by atoms with Gasteiger partial charge >= 0.3 is 0 Å². The van der Waals surface area contributed by atoms with Crippen LogP contribution in [0.1, 0.15) is 77.2 Å². The molecule has 2 N–H and O–H groups in total. The van der Waals surface area contributed by atoms with E-state index in [0.717, 1.165) is 49.9 Å². The molecule has 0 spiro atoms. The largest absolute Gasteiger partial charge is 0.388 e. The molecule has 6 heteroatoms. The Morgan fingerprint density at radius 3 is 2.77 bits per heavy atom. The van der Waals surface area contributed by atoms with Crippen LogP contribution in [0.3, 0.4) is 0 Å². The lowest BCUT2D eigenvalue weighted by atomic mass is 9.79. The summed E-state index contributed by atoms with van der Waals surface area (Å²) < 4.78 is 2.13. The van der Waals surface area contributed by atoms with E-state index in [4.69, 9.17) is 0 Å². The predicted octanol–water partition coefficient (Wildman–Crippen LogP) is 2.27. The molecule has 136 valence electrons. The number of fused-ring (bicyclic) bond motifs is 1. The first-order valence-corrected chi connectivity index (χ1v) is 9.70. The van der Waals surface area contributed by atoms with Crippen LogP contribution in [0.2, 0.25) is 0 Å². The summed E-state index contributed by atoms with van der Waals surface area (Å²) in [6, 6.07) is 6.78. The second-order valence-corrected chi connectivity index (χ2v) is 7.91. The van der Waals surface area contributed by atoms with E-state index in [1.165, 1.54) is 17.5 Å². The monoisotopic (exact) mass is 352 g/mol. The standard InChI is InChI=1S/C20H24N4O2/c25-11-18-22-23-19(24(18)17-6-7-17)15-9-16(10-15)21-20(26)14-5-4-12-2-1-3-13(12)8-14/h4-5,8,15-17,25H,1-3,6-7,9-11H2,(H,21,26). The number of amides is 1. The van der Waals surface area contributed by atoms with E-state index in [2.05, 4.69) is 32.2 Å². The van der Waals surface area contributed by atoms with E-state index < -0.39 is 0 Å². The van der Waals surface area contributed by atoms with E-state index in [0.29, 0.717) is 17.8 Å². The molecular formula is C20H24N4O2. The minimum Gasteiger partial charge on any atom is -0.388 e. The number of nitrogens with zero attached hydrogens (tertiary/aromatic N) is 3. The van der Waals surface area contributed by atoms with Gasteiger partial charge in [0, 0.05) is 23.6 Å². The zero-order chi connectivity index (χ0) is 17.7. The summed E-state index contributed by atoms with van der Waals surface area (Å²) in [7, 11) is 0. The van der Waals surface area contributed by atoms with Gasteiger partial charge < -0.3 is 15.0 Å². The van der Waals surface area contributed by atoms with Gasteiger partial charge in [0.1, 0.15) is 12.4 Å². The first kappa shape index (κ1) is 16.0. The van der Waals surface area contributed by atoms with Crippen LogP contribution in [0, 0.1) is 0 Å². The highest BCUT2D eigenvalue weighted by Gasteiger charge is 2.38. The maximum absolute atomic E-state index is 12.5. The highest BCUT2D eigenvalue weighted by molar-refractivity contribution is 5.94. The highest BCUT2D eigenvalue weighted by atomic mass is 16.3. The topological polar surface area (TPSA) is 80.0 Å². The molecule has 0 saturated heterocycles. The Hall–Kier alpha value is -2.21. The zero-order valence-electron chi connectivity index (χ0n) is 14.8. The molecule has 2 saturated carbocycles. The lowest BCUT2D eigenvalue weighted by molar-refractivity contribution is 0.0906. The molecular weight excluding hydrogens is 328 g/mol. The van der Waals surface area contributed by atoms with Crippen molar-refractivity contribution in [2.45, 2.75) is 69.6 Å². The van der Waals surface area contributed by atoms with Crippen LogP contribution in [0.15, 0.2) is 18.2 Å². The molecule has 1 heterocycles. The average molecular weight is 352 g/mol. The molecule has 3 aliphatic rings. The van der Waals surface area contributed by atoms with Gasteiger partial charge in [0.05, 0.1) is 0 Å². The van der Waals surface area contributed by atoms with Gasteiger partial charge in [-0.1, -0.05) is 6.07 Å². The number of nitrogens with one attached hydrogen (secondary N) is 1. The van der Waals surface area contributed by atoms with E-state index in [1.807, 2.05) is 6.07 Å². The smallest absolute Gasteiger partial charge is 0.251 e. The average Bonchev–Trinajstić information content (AvgIpc) is 3.19. The van der Waals surface area contributed by atoms with E-state index in [1.54, 1.807) is 0 Å². The number of benzene rings is 1. The number of hydrogen-bond acceptors (Lipinski definition) is 4. The Bertz CT molecular complexity index is 849. The van der Waals surface area contributed by atoms with Crippen molar-refractivity contribution >= 4 is 5.91 Å². The third-order valence-corrected chi connectivity index (χ3v) is 6.05. The molecule has 2 aromatic rings. The summed E-state index contributed by atoms with van der Waals surface area (Å²) in [4.78, 5) is 12.5. The van der Waals surface area contributed by atoms with Gasteiger partial charge in [0.15, 0.2) is 5.82 Å². The van der Waals surface area contributed by atoms with Gasteiger partial charge in [-0.25, -0.2) is 0 Å². The molecule has 0 unspecified atom stereocenters. The van der Waals surface area contributed by atoms with Crippen molar-refractivity contribution in [3.05, 3.63) is 46.5 Å². The molecule has 1 amide bonds. The minimum atomic E-state index is -0.0608. The van der Waals surface area contributed by atoms with Crippen molar-refractivity contribution in [1.82, 2.24) is 20.1 Å². The minimum absolute atomic E-state index is 0.0304. The van der Waals surface area contributed by atoms with Crippen molar-refractivity contribution in [2.24, 2.45) is 0 Å². The van der Waals surface area contributed by atoms with Gasteiger partial charge in [-0.2, -0.15) is 0 Å². The Morgan fingerprint density at radius 1 is 1.19 bits per heavy atom. The number of aromatic nitrogens is 3. The molecule has 3 aliphatic carbocycles. The van der Waals surface area contributed by atoms with Crippen LogP contribution in [0.25, 0.3) is 0 Å². The van der Waals surface area contributed by atoms with Crippen molar-refractivity contribution in [2.75, 3.05) is 0 Å². The molecule has 0 aliphatic heterocycles. The number of hydrogen-bond donors (Lipinski definition) is 2. The number of aryl methyl sites for hydroxylation is 2. The molecule has 0 bridgehead atoms. The third kappa shape index (κ3) is 2.72. The summed E-state index contributed by atoms with van der Waals surface area (Å²) in [6.07, 6.45) is 7.50. The molecule has 2 fully saturated rings. The normalized spacial score (nSPS) is 24.2. The van der Waals surface area contributed by atoms with Gasteiger partial charge in [0.25, 0.3) is 5.91 Å². The SMILES string of the molecule is O=C(NC1CC(c2nnc(CO)n2C2CC2)C1)c1ccc2c(c1)CCC2. The summed E-state index contributed by atoms with van der Waals surface area (Å²) in [5.41, 5.74) is 3.50. The second kappa shape index (κ2) is 6.20. The molecule has 26 heavy (non-hydrogen) atoms. The second-order valence-electron chi connectivity index (χ2n) is 7.91. The molecule has 0 radical (unpaired) electrons. The number of carbonyl (C=O) groups excluding carboxylic acids is 1. The number of aliphatic hydroxyl groups is 1. The molecule has 1 aromatic heterocycles. The fourth-order valence-corrected chi connectivity index (χ4v) is 4.38. The van der Waals surface area contributed by atoms with Crippen molar-refractivity contribution in [1.29, 1.82) is 0 Å². The van der Waals surface area contributed by atoms with E-state index in [9.17, 15) is 9.90 Å². The first-order valence-electron chi connectivity index (χ1n) is 9.70. The van der Waals surface area contributed by atoms with E-state index >= 15 is 0 Å². The van der Waals surface area contributed by atoms with Crippen molar-refractivity contribution in [3.63, 3.8) is 0 Å². The number of aliphatic hydroxyl groups excluding tert-OH is 1. The van der Waals surface area contributed by atoms with Gasteiger partial charge in [-0.3, -0.25) is 4.79 Å². The number of carbonyl (C=O) groups is 1. The summed E-state index contributed by atoms with van der Waals surface area (Å²) in [6.45, 7) is -0.0608. The maximum Gasteiger partial charge on any atom is 0.251 e. The Morgan fingerprint density at radius 2 is 2.00 bits per heavy atom. The Labute approximate surface area is 152 Å². The predicted molar refractivity (Wildman–Crippen MR) is 95.9 cm³/mol. The van der Waals surface area contributed by atoms with Crippen LogP contribution in [-0.2, 0) is 19.4 Å². The maximum atomic E-state index is 12.5.